The van der Waals surface area contributed by atoms with Gasteiger partial charge in [0.15, 0.2) is 0 Å². The molecular formula is C22H20N4O4. The van der Waals surface area contributed by atoms with Gasteiger partial charge in [0.25, 0.3) is 11.5 Å². The lowest BCUT2D eigenvalue weighted by Crippen LogP contribution is -2.33. The quantitative estimate of drug-likeness (QED) is 0.481. The van der Waals surface area contributed by atoms with E-state index in [-0.39, 0.29) is 18.7 Å². The third-order valence-electron chi connectivity index (χ3n) is 4.37. The second kappa shape index (κ2) is 9.49. The molecule has 8 heteroatoms. The summed E-state index contributed by atoms with van der Waals surface area (Å²) in [5, 5.41) is 13.1. The van der Waals surface area contributed by atoms with Crippen LogP contribution < -0.4 is 11.0 Å². The molecule has 0 aliphatic carbocycles. The van der Waals surface area contributed by atoms with Crippen molar-refractivity contribution in [2.45, 2.75) is 20.1 Å². The van der Waals surface area contributed by atoms with Crippen LogP contribution in [0.15, 0.2) is 62.8 Å². The van der Waals surface area contributed by atoms with E-state index in [0.29, 0.717) is 22.8 Å². The summed E-state index contributed by atoms with van der Waals surface area (Å²) in [6.45, 7) is 1.56. The predicted octanol–water partition coefficient (Wildman–Crippen LogP) is 2.59. The summed E-state index contributed by atoms with van der Waals surface area (Å²) >= 11 is 0. The summed E-state index contributed by atoms with van der Waals surface area (Å²) in [5.74, 6) is 0.651. The van der Waals surface area contributed by atoms with Crippen molar-refractivity contribution in [3.05, 3.63) is 81.5 Å². The molecule has 3 aromatic rings. The molecule has 152 valence electrons. The van der Waals surface area contributed by atoms with Crippen molar-refractivity contribution in [2.75, 3.05) is 7.11 Å². The van der Waals surface area contributed by atoms with Crippen LogP contribution in [0.4, 0.5) is 0 Å². The predicted molar refractivity (Wildman–Crippen MR) is 111 cm³/mol. The molecule has 0 aliphatic heterocycles. The maximum Gasteiger partial charge on any atom is 0.269 e. The number of amides is 1. The number of nitrogens with one attached hydrogen (secondary N) is 1. The Morgan fingerprint density at radius 2 is 2.07 bits per heavy atom. The molecule has 1 aromatic carbocycles. The van der Waals surface area contributed by atoms with Gasteiger partial charge in [-0.2, -0.15) is 10.4 Å². The number of furan rings is 1. The van der Waals surface area contributed by atoms with Gasteiger partial charge in [-0.1, -0.05) is 30.3 Å². The van der Waals surface area contributed by atoms with Gasteiger partial charge in [0, 0.05) is 23.9 Å². The van der Waals surface area contributed by atoms with E-state index in [9.17, 15) is 14.9 Å². The number of methoxy groups -OCH3 is 1. The number of hydrazone groups is 1. The molecule has 0 aliphatic rings. The Kier molecular flexibility index (Phi) is 6.57. The highest BCUT2D eigenvalue weighted by Gasteiger charge is 2.14. The Morgan fingerprint density at radius 3 is 2.77 bits per heavy atom. The van der Waals surface area contributed by atoms with E-state index in [4.69, 9.17) is 9.15 Å². The number of hydrogen-bond donors (Lipinski definition) is 1. The molecule has 0 radical (unpaired) electrons. The minimum absolute atomic E-state index is 0.0391. The summed E-state index contributed by atoms with van der Waals surface area (Å²) in [6.07, 6.45) is 1.38. The van der Waals surface area contributed by atoms with Crippen LogP contribution in [-0.2, 0) is 22.7 Å². The molecule has 1 N–H and O–H groups in total. The molecule has 0 saturated heterocycles. The number of carbonyl (C=O) groups is 1. The molecule has 0 spiro atoms. The zero-order valence-corrected chi connectivity index (χ0v) is 16.6. The lowest BCUT2D eigenvalue weighted by atomic mass is 10.1. The van der Waals surface area contributed by atoms with Gasteiger partial charge in [0.1, 0.15) is 29.7 Å². The number of benzene rings is 1. The summed E-state index contributed by atoms with van der Waals surface area (Å²) < 4.78 is 11.9. The molecule has 2 aromatic heterocycles. The molecule has 1 amide bonds. The van der Waals surface area contributed by atoms with E-state index in [1.165, 1.54) is 17.9 Å². The number of nitriles is 1. The van der Waals surface area contributed by atoms with Crippen LogP contribution in [0.2, 0.25) is 0 Å². The van der Waals surface area contributed by atoms with Gasteiger partial charge in [-0.3, -0.25) is 9.59 Å². The Labute approximate surface area is 173 Å². The molecule has 0 unspecified atom stereocenters. The zero-order chi connectivity index (χ0) is 21.5. The molecule has 8 nitrogen and oxygen atoms in total. The second-order valence-electron chi connectivity index (χ2n) is 6.48. The van der Waals surface area contributed by atoms with Crippen LogP contribution in [0.3, 0.4) is 0 Å². The first-order chi connectivity index (χ1) is 14.5. The number of pyridine rings is 1. The number of carbonyl (C=O) groups excluding carboxylic acids is 1. The first kappa shape index (κ1) is 20.8. The number of hydrogen-bond acceptors (Lipinski definition) is 6. The van der Waals surface area contributed by atoms with Gasteiger partial charge in [-0.15, -0.1) is 0 Å². The zero-order valence-electron chi connectivity index (χ0n) is 16.6. The van der Waals surface area contributed by atoms with Crippen LogP contribution in [0.25, 0.3) is 11.3 Å². The normalized spacial score (nSPS) is 10.8. The first-order valence-electron chi connectivity index (χ1n) is 9.13. The van der Waals surface area contributed by atoms with Crippen LogP contribution >= 0.6 is 0 Å². The first-order valence-corrected chi connectivity index (χ1v) is 9.13. The number of aromatic nitrogens is 1. The van der Waals surface area contributed by atoms with Gasteiger partial charge in [-0.25, -0.2) is 5.43 Å². The highest BCUT2D eigenvalue weighted by molar-refractivity contribution is 5.81. The van der Waals surface area contributed by atoms with Gasteiger partial charge >= 0.3 is 0 Å². The molecule has 0 atom stereocenters. The average molecular weight is 404 g/mol. The third-order valence-corrected chi connectivity index (χ3v) is 4.37. The van der Waals surface area contributed by atoms with Crippen molar-refractivity contribution >= 4 is 12.1 Å². The van der Waals surface area contributed by atoms with Gasteiger partial charge < -0.3 is 13.7 Å². The SMILES string of the molecule is COCc1cc(C)n(CC(=O)NN=Cc2ccc(-c3ccccc3)o2)c(=O)c1C#N. The largest absolute Gasteiger partial charge is 0.455 e. The van der Waals surface area contributed by atoms with E-state index in [2.05, 4.69) is 10.5 Å². The highest BCUT2D eigenvalue weighted by atomic mass is 16.5. The van der Waals surface area contributed by atoms with Gasteiger partial charge in [0.05, 0.1) is 12.8 Å². The molecular weight excluding hydrogens is 384 g/mol. The van der Waals surface area contributed by atoms with Crippen molar-refractivity contribution in [1.29, 1.82) is 5.26 Å². The fourth-order valence-electron chi connectivity index (χ4n) is 2.95. The molecule has 0 fully saturated rings. The number of nitrogens with zero attached hydrogens (tertiary/aromatic N) is 3. The lowest BCUT2D eigenvalue weighted by Gasteiger charge is -2.12. The summed E-state index contributed by atoms with van der Waals surface area (Å²) in [4.78, 5) is 24.8. The van der Waals surface area contributed by atoms with Crippen LogP contribution in [0, 0.1) is 18.3 Å². The lowest BCUT2D eigenvalue weighted by molar-refractivity contribution is -0.121. The van der Waals surface area contributed by atoms with Crippen LogP contribution in [-0.4, -0.2) is 23.8 Å². The number of rotatable bonds is 7. The monoisotopic (exact) mass is 404 g/mol. The standard InChI is InChI=1S/C22H20N4O4/c1-15-10-17(14-29-2)19(11-23)22(28)26(15)13-21(27)25-24-12-18-8-9-20(30-18)16-6-4-3-5-7-16/h3-10,12H,13-14H2,1-2H3,(H,25,27). The molecule has 0 saturated carbocycles. The van der Waals surface area contributed by atoms with E-state index >= 15 is 0 Å². The van der Waals surface area contributed by atoms with Crippen molar-refractivity contribution in [1.82, 2.24) is 9.99 Å². The molecule has 0 bridgehead atoms. The maximum atomic E-state index is 12.5. The summed E-state index contributed by atoms with van der Waals surface area (Å²) in [7, 11) is 1.48. The minimum Gasteiger partial charge on any atom is -0.455 e. The summed E-state index contributed by atoms with van der Waals surface area (Å²) in [6, 6.07) is 16.7. The van der Waals surface area contributed by atoms with Gasteiger partial charge in [-0.05, 0) is 25.1 Å². The van der Waals surface area contributed by atoms with Crippen molar-refractivity contribution in [3.8, 4) is 17.4 Å². The second-order valence-corrected chi connectivity index (χ2v) is 6.48. The molecule has 30 heavy (non-hydrogen) atoms. The van der Waals surface area contributed by atoms with E-state index in [1.807, 2.05) is 42.5 Å². The van der Waals surface area contributed by atoms with E-state index in [1.54, 1.807) is 19.1 Å². The van der Waals surface area contributed by atoms with Crippen molar-refractivity contribution in [2.24, 2.45) is 5.10 Å². The fraction of sp³-hybridized carbons (Fsp3) is 0.182. The Bertz CT molecular complexity index is 1170. The number of ether oxygens (including phenoxy) is 1. The Balaban J connectivity index is 1.67. The molecule has 2 heterocycles. The summed E-state index contributed by atoms with van der Waals surface area (Å²) in [5.41, 5.74) is 3.75. The smallest absolute Gasteiger partial charge is 0.269 e. The Morgan fingerprint density at radius 1 is 1.30 bits per heavy atom. The van der Waals surface area contributed by atoms with E-state index < -0.39 is 11.5 Å². The molecule has 3 rings (SSSR count). The minimum atomic E-state index is -0.540. The fourth-order valence-corrected chi connectivity index (χ4v) is 2.95. The van der Waals surface area contributed by atoms with Gasteiger partial charge in [0.2, 0.25) is 0 Å². The van der Waals surface area contributed by atoms with Crippen LogP contribution in [0.1, 0.15) is 22.6 Å². The van der Waals surface area contributed by atoms with Crippen LogP contribution in [0.5, 0.6) is 0 Å². The Hall–Kier alpha value is -3.96. The third kappa shape index (κ3) is 4.71. The maximum absolute atomic E-state index is 12.5. The van der Waals surface area contributed by atoms with Crippen molar-refractivity contribution < 1.29 is 13.9 Å². The highest BCUT2D eigenvalue weighted by Crippen LogP contribution is 2.20. The van der Waals surface area contributed by atoms with Crippen molar-refractivity contribution in [3.63, 3.8) is 0 Å². The number of aryl methyl sites for hydroxylation is 1. The van der Waals surface area contributed by atoms with E-state index in [0.717, 1.165) is 5.56 Å². The average Bonchev–Trinajstić information content (AvgIpc) is 3.21. The topological polar surface area (TPSA) is 110 Å².